The van der Waals surface area contributed by atoms with Crippen LogP contribution in [0.3, 0.4) is 0 Å². The first-order chi connectivity index (χ1) is 20.3. The van der Waals surface area contributed by atoms with E-state index in [9.17, 15) is 18.4 Å². The lowest BCUT2D eigenvalue weighted by molar-refractivity contribution is -0.138. The summed E-state index contributed by atoms with van der Waals surface area (Å²) in [5.41, 5.74) is 1.79. The molecular formula is C32H28F2N2O5S. The Morgan fingerprint density at radius 3 is 2.36 bits per heavy atom. The fraction of sp³-hybridized carbons (Fsp3) is 0.219. The molecule has 2 heterocycles. The van der Waals surface area contributed by atoms with Crippen molar-refractivity contribution in [3.05, 3.63) is 121 Å². The number of aromatic nitrogens is 1. The van der Waals surface area contributed by atoms with Crippen molar-refractivity contribution in [2.24, 2.45) is 4.99 Å². The molecule has 0 saturated carbocycles. The molecule has 0 aliphatic carbocycles. The number of hydrogen-bond acceptors (Lipinski definition) is 7. The summed E-state index contributed by atoms with van der Waals surface area (Å²) >= 11 is 1.09. The van der Waals surface area contributed by atoms with Gasteiger partial charge in [0, 0.05) is 11.1 Å². The van der Waals surface area contributed by atoms with E-state index in [2.05, 4.69) is 4.74 Å². The van der Waals surface area contributed by atoms with Gasteiger partial charge in [-0.15, -0.1) is 0 Å². The lowest BCUT2D eigenvalue weighted by Crippen LogP contribution is -2.40. The van der Waals surface area contributed by atoms with Gasteiger partial charge >= 0.3 is 12.6 Å². The number of ether oxygens (including phenoxy) is 3. The van der Waals surface area contributed by atoms with Gasteiger partial charge in [0.15, 0.2) is 4.80 Å². The molecule has 1 aliphatic rings. The van der Waals surface area contributed by atoms with Crippen LogP contribution in [0, 0.1) is 0 Å². The van der Waals surface area contributed by atoms with Crippen molar-refractivity contribution in [1.29, 1.82) is 0 Å². The third-order valence-corrected chi connectivity index (χ3v) is 7.35. The average molecular weight is 591 g/mol. The average Bonchev–Trinajstić information content (AvgIpc) is 3.28. The molecule has 0 N–H and O–H groups in total. The molecule has 10 heteroatoms. The van der Waals surface area contributed by atoms with Crippen LogP contribution in [0.25, 0.3) is 11.8 Å². The first-order valence-electron chi connectivity index (χ1n) is 13.4. The summed E-state index contributed by atoms with van der Waals surface area (Å²) in [5, 5.41) is 0. The topological polar surface area (TPSA) is 79.1 Å². The van der Waals surface area contributed by atoms with Gasteiger partial charge in [0.1, 0.15) is 11.5 Å². The maximum Gasteiger partial charge on any atom is 0.387 e. The van der Waals surface area contributed by atoms with Crippen LogP contribution in [0.5, 0.6) is 11.5 Å². The van der Waals surface area contributed by atoms with Crippen LogP contribution in [-0.2, 0) is 9.53 Å². The zero-order valence-corrected chi connectivity index (χ0v) is 23.9. The van der Waals surface area contributed by atoms with Crippen molar-refractivity contribution in [2.75, 3.05) is 6.61 Å². The first kappa shape index (κ1) is 28.9. The number of thiazole rings is 1. The van der Waals surface area contributed by atoms with Crippen molar-refractivity contribution in [3.8, 4) is 11.5 Å². The van der Waals surface area contributed by atoms with Crippen LogP contribution in [0.4, 0.5) is 8.78 Å². The Bertz CT molecular complexity index is 1800. The van der Waals surface area contributed by atoms with E-state index in [1.165, 1.54) is 16.7 Å². The van der Waals surface area contributed by atoms with E-state index in [0.29, 0.717) is 32.9 Å². The molecule has 4 aromatic rings. The number of carbonyl (C=O) groups excluding carboxylic acids is 1. The minimum absolute atomic E-state index is 0.0369. The molecule has 0 unspecified atom stereocenters. The number of rotatable bonds is 9. The Morgan fingerprint density at radius 1 is 1.00 bits per heavy atom. The largest absolute Gasteiger partial charge is 0.491 e. The third kappa shape index (κ3) is 6.03. The van der Waals surface area contributed by atoms with Crippen LogP contribution in [0.2, 0.25) is 0 Å². The zero-order chi connectivity index (χ0) is 29.8. The first-order valence-corrected chi connectivity index (χ1v) is 14.2. The summed E-state index contributed by atoms with van der Waals surface area (Å²) in [4.78, 5) is 32.7. The minimum Gasteiger partial charge on any atom is -0.491 e. The highest BCUT2D eigenvalue weighted by atomic mass is 32.1. The summed E-state index contributed by atoms with van der Waals surface area (Å²) in [6.07, 6.45) is 1.46. The quantitative estimate of drug-likeness (QED) is 0.247. The van der Waals surface area contributed by atoms with Crippen LogP contribution in [0.1, 0.15) is 43.5 Å². The molecule has 0 saturated heterocycles. The fourth-order valence-electron chi connectivity index (χ4n) is 4.70. The van der Waals surface area contributed by atoms with Crippen LogP contribution in [-0.4, -0.2) is 29.9 Å². The maximum absolute atomic E-state index is 14.0. The predicted octanol–water partition coefficient (Wildman–Crippen LogP) is 5.32. The van der Waals surface area contributed by atoms with E-state index in [1.807, 2.05) is 44.2 Å². The molecule has 7 nitrogen and oxygen atoms in total. The van der Waals surface area contributed by atoms with Gasteiger partial charge in [-0.2, -0.15) is 8.78 Å². The monoisotopic (exact) mass is 590 g/mol. The number of alkyl halides is 2. The second-order valence-corrected chi connectivity index (χ2v) is 10.6. The molecule has 1 atom stereocenters. The lowest BCUT2D eigenvalue weighted by atomic mass is 9.93. The number of carbonyl (C=O) groups is 1. The highest BCUT2D eigenvalue weighted by Crippen LogP contribution is 2.36. The number of esters is 1. The van der Waals surface area contributed by atoms with E-state index in [-0.39, 0.29) is 28.6 Å². The molecule has 5 rings (SSSR count). The second kappa shape index (κ2) is 12.5. The number of hydrogen-bond donors (Lipinski definition) is 0. The van der Waals surface area contributed by atoms with Crippen LogP contribution in [0.15, 0.2) is 94.2 Å². The summed E-state index contributed by atoms with van der Waals surface area (Å²) in [7, 11) is 0. The number of halogens is 2. The zero-order valence-electron chi connectivity index (χ0n) is 23.1. The number of benzene rings is 3. The van der Waals surface area contributed by atoms with E-state index >= 15 is 0 Å². The maximum atomic E-state index is 14.0. The van der Waals surface area contributed by atoms with Gasteiger partial charge in [-0.25, -0.2) is 9.79 Å². The fourth-order valence-corrected chi connectivity index (χ4v) is 5.69. The van der Waals surface area contributed by atoms with E-state index in [0.717, 1.165) is 11.3 Å². The molecule has 42 heavy (non-hydrogen) atoms. The Hall–Kier alpha value is -4.57. The van der Waals surface area contributed by atoms with Gasteiger partial charge in [-0.05, 0) is 50.6 Å². The van der Waals surface area contributed by atoms with E-state index < -0.39 is 24.2 Å². The van der Waals surface area contributed by atoms with Crippen LogP contribution < -0.4 is 24.4 Å². The van der Waals surface area contributed by atoms with Crippen molar-refractivity contribution in [1.82, 2.24) is 4.57 Å². The smallest absolute Gasteiger partial charge is 0.387 e. The molecule has 216 valence electrons. The molecule has 0 fully saturated rings. The lowest BCUT2D eigenvalue weighted by Gasteiger charge is -2.26. The van der Waals surface area contributed by atoms with Gasteiger partial charge < -0.3 is 14.2 Å². The Balaban J connectivity index is 1.77. The molecule has 1 aliphatic heterocycles. The summed E-state index contributed by atoms with van der Waals surface area (Å²) < 4.78 is 43.7. The molecule has 0 bridgehead atoms. The highest BCUT2D eigenvalue weighted by molar-refractivity contribution is 7.07. The van der Waals surface area contributed by atoms with Crippen molar-refractivity contribution >= 4 is 29.1 Å². The van der Waals surface area contributed by atoms with E-state index in [1.54, 1.807) is 49.4 Å². The summed E-state index contributed by atoms with van der Waals surface area (Å²) in [6, 6.07) is 21.7. The van der Waals surface area contributed by atoms with Gasteiger partial charge in [-0.1, -0.05) is 72.0 Å². The van der Waals surface area contributed by atoms with Gasteiger partial charge in [0.25, 0.3) is 5.56 Å². The SMILES string of the molecule is CCOC(=O)C1=C(c2ccccc2)N=c2s/c(=C\c3ccccc3OC(F)F)c(=O)n2[C@@H]1c1ccc(OC(C)C)cc1. The standard InChI is InChI=1S/C32H28F2N2O5S/c1-4-39-30(38)26-27(20-10-6-5-7-11-20)35-32-36(28(26)21-14-16-23(17-15-21)40-19(2)3)29(37)25(42-32)18-22-12-8-9-13-24(22)41-31(33)34/h5-19,28,31H,4H2,1-3H3/b25-18-/t28-/m1/s1. The Labute approximate surface area is 244 Å². The molecule has 3 aromatic carbocycles. The second-order valence-electron chi connectivity index (χ2n) is 9.58. The van der Waals surface area contributed by atoms with Crippen molar-refractivity contribution < 1.29 is 27.8 Å². The number of para-hydroxylation sites is 1. The summed E-state index contributed by atoms with van der Waals surface area (Å²) in [5.74, 6) is -0.0212. The summed E-state index contributed by atoms with van der Waals surface area (Å²) in [6.45, 7) is 2.66. The third-order valence-electron chi connectivity index (χ3n) is 6.36. The molecule has 0 radical (unpaired) electrons. The normalized spacial score (nSPS) is 15.0. The Morgan fingerprint density at radius 2 is 1.69 bits per heavy atom. The van der Waals surface area contributed by atoms with Crippen molar-refractivity contribution in [2.45, 2.75) is 39.5 Å². The Kier molecular flexibility index (Phi) is 8.63. The highest BCUT2D eigenvalue weighted by Gasteiger charge is 2.35. The molecule has 0 amide bonds. The molecule has 0 spiro atoms. The predicted molar refractivity (Wildman–Crippen MR) is 156 cm³/mol. The van der Waals surface area contributed by atoms with E-state index in [4.69, 9.17) is 14.5 Å². The van der Waals surface area contributed by atoms with Gasteiger partial charge in [0.05, 0.1) is 34.6 Å². The van der Waals surface area contributed by atoms with Gasteiger partial charge in [0.2, 0.25) is 0 Å². The molecule has 1 aromatic heterocycles. The van der Waals surface area contributed by atoms with Crippen molar-refractivity contribution in [3.63, 3.8) is 0 Å². The minimum atomic E-state index is -3.02. The van der Waals surface area contributed by atoms with Gasteiger partial charge in [-0.3, -0.25) is 9.36 Å². The number of fused-ring (bicyclic) bond motifs is 1. The molecular weight excluding hydrogens is 562 g/mol. The number of nitrogens with zero attached hydrogens (tertiary/aromatic N) is 2. The van der Waals surface area contributed by atoms with Crippen LogP contribution >= 0.6 is 11.3 Å².